The van der Waals surface area contributed by atoms with E-state index in [2.05, 4.69) is 55.7 Å². The summed E-state index contributed by atoms with van der Waals surface area (Å²) in [4.78, 5) is 9.23. The number of likely N-dealkylation sites (N-methyl/N-ethyl adjacent to an activating group) is 2. The Hall–Kier alpha value is -0.970. The van der Waals surface area contributed by atoms with Crippen molar-refractivity contribution in [1.82, 2.24) is 14.8 Å². The SMILES string of the molecule is CCC(N)C(c1ccccn1)N(CC)C(C)CN(C)C. The number of pyridine rings is 1. The highest BCUT2D eigenvalue weighted by Gasteiger charge is 2.29. The van der Waals surface area contributed by atoms with E-state index in [4.69, 9.17) is 5.73 Å². The Labute approximate surface area is 124 Å². The molecule has 0 amide bonds. The molecule has 0 saturated heterocycles. The van der Waals surface area contributed by atoms with Crippen LogP contribution in [0.2, 0.25) is 0 Å². The van der Waals surface area contributed by atoms with Gasteiger partial charge in [-0.1, -0.05) is 19.9 Å². The predicted molar refractivity (Wildman–Crippen MR) is 85.6 cm³/mol. The molecule has 0 radical (unpaired) electrons. The average molecular weight is 278 g/mol. The van der Waals surface area contributed by atoms with Crippen LogP contribution in [0.4, 0.5) is 0 Å². The van der Waals surface area contributed by atoms with Gasteiger partial charge in [0.2, 0.25) is 0 Å². The first kappa shape index (κ1) is 17.1. The third-order valence-corrected chi connectivity index (χ3v) is 3.79. The molecule has 20 heavy (non-hydrogen) atoms. The quantitative estimate of drug-likeness (QED) is 0.791. The van der Waals surface area contributed by atoms with E-state index in [0.717, 1.165) is 25.2 Å². The number of nitrogens with zero attached hydrogens (tertiary/aromatic N) is 3. The molecule has 3 unspecified atom stereocenters. The van der Waals surface area contributed by atoms with Crippen LogP contribution >= 0.6 is 0 Å². The van der Waals surface area contributed by atoms with Crippen LogP contribution in [0.5, 0.6) is 0 Å². The summed E-state index contributed by atoms with van der Waals surface area (Å²) in [5.41, 5.74) is 7.48. The summed E-state index contributed by atoms with van der Waals surface area (Å²) in [7, 11) is 4.22. The topological polar surface area (TPSA) is 45.4 Å². The van der Waals surface area contributed by atoms with Crippen LogP contribution in [0, 0.1) is 0 Å². The van der Waals surface area contributed by atoms with Gasteiger partial charge in [-0.05, 0) is 46.1 Å². The van der Waals surface area contributed by atoms with Crippen LogP contribution in [0.3, 0.4) is 0 Å². The summed E-state index contributed by atoms with van der Waals surface area (Å²) in [6.07, 6.45) is 2.81. The lowest BCUT2D eigenvalue weighted by molar-refractivity contribution is 0.106. The van der Waals surface area contributed by atoms with Gasteiger partial charge >= 0.3 is 0 Å². The number of hydrogen-bond acceptors (Lipinski definition) is 4. The Kier molecular flexibility index (Phi) is 7.13. The molecule has 1 heterocycles. The van der Waals surface area contributed by atoms with Crippen molar-refractivity contribution >= 4 is 0 Å². The predicted octanol–water partition coefficient (Wildman–Crippen LogP) is 2.13. The summed E-state index contributed by atoms with van der Waals surface area (Å²) in [6.45, 7) is 8.61. The van der Waals surface area contributed by atoms with Crippen LogP contribution in [-0.4, -0.2) is 54.1 Å². The van der Waals surface area contributed by atoms with Gasteiger partial charge < -0.3 is 10.6 Å². The van der Waals surface area contributed by atoms with E-state index in [9.17, 15) is 0 Å². The van der Waals surface area contributed by atoms with Gasteiger partial charge in [-0.3, -0.25) is 9.88 Å². The van der Waals surface area contributed by atoms with Gasteiger partial charge in [0.15, 0.2) is 0 Å². The molecule has 2 N–H and O–H groups in total. The summed E-state index contributed by atoms with van der Waals surface area (Å²) < 4.78 is 0. The van der Waals surface area contributed by atoms with Crippen LogP contribution < -0.4 is 5.73 Å². The summed E-state index contributed by atoms with van der Waals surface area (Å²) in [5, 5.41) is 0. The van der Waals surface area contributed by atoms with Gasteiger partial charge in [0.25, 0.3) is 0 Å². The molecule has 3 atom stereocenters. The molecule has 0 saturated carbocycles. The third-order valence-electron chi connectivity index (χ3n) is 3.79. The number of nitrogens with two attached hydrogens (primary N) is 1. The lowest BCUT2D eigenvalue weighted by Gasteiger charge is -2.39. The minimum absolute atomic E-state index is 0.106. The molecule has 4 nitrogen and oxygen atoms in total. The van der Waals surface area contributed by atoms with Gasteiger partial charge in [0.1, 0.15) is 0 Å². The zero-order chi connectivity index (χ0) is 15.1. The Bertz CT molecular complexity index is 366. The van der Waals surface area contributed by atoms with Gasteiger partial charge in [-0.15, -0.1) is 0 Å². The maximum absolute atomic E-state index is 6.40. The molecule has 114 valence electrons. The minimum Gasteiger partial charge on any atom is -0.326 e. The lowest BCUT2D eigenvalue weighted by Crippen LogP contribution is -2.48. The Morgan fingerprint density at radius 3 is 2.40 bits per heavy atom. The van der Waals surface area contributed by atoms with Crippen molar-refractivity contribution in [1.29, 1.82) is 0 Å². The second-order valence-corrected chi connectivity index (χ2v) is 5.71. The zero-order valence-electron chi connectivity index (χ0n) is 13.6. The first-order valence-corrected chi connectivity index (χ1v) is 7.58. The molecular formula is C16H30N4. The highest BCUT2D eigenvalue weighted by atomic mass is 15.2. The fourth-order valence-electron chi connectivity index (χ4n) is 2.83. The molecule has 1 aromatic rings. The maximum atomic E-state index is 6.40. The molecular weight excluding hydrogens is 248 g/mol. The van der Waals surface area contributed by atoms with E-state index in [0.29, 0.717) is 6.04 Å². The van der Waals surface area contributed by atoms with E-state index in [-0.39, 0.29) is 12.1 Å². The highest BCUT2D eigenvalue weighted by Crippen LogP contribution is 2.25. The fraction of sp³-hybridized carbons (Fsp3) is 0.688. The molecule has 0 aliphatic carbocycles. The van der Waals surface area contributed by atoms with Crippen molar-refractivity contribution in [2.45, 2.75) is 45.3 Å². The molecule has 0 spiro atoms. The monoisotopic (exact) mass is 278 g/mol. The molecule has 0 aliphatic heterocycles. The Morgan fingerprint density at radius 2 is 1.95 bits per heavy atom. The summed E-state index contributed by atoms with van der Waals surface area (Å²) in [5.74, 6) is 0. The summed E-state index contributed by atoms with van der Waals surface area (Å²) in [6, 6.07) is 6.82. The van der Waals surface area contributed by atoms with Gasteiger partial charge in [-0.2, -0.15) is 0 Å². The normalized spacial score (nSPS) is 16.4. The van der Waals surface area contributed by atoms with Crippen LogP contribution in [0.25, 0.3) is 0 Å². The number of aromatic nitrogens is 1. The van der Waals surface area contributed by atoms with E-state index in [1.165, 1.54) is 0 Å². The van der Waals surface area contributed by atoms with E-state index < -0.39 is 0 Å². The number of rotatable bonds is 8. The van der Waals surface area contributed by atoms with Crippen molar-refractivity contribution < 1.29 is 0 Å². The third kappa shape index (κ3) is 4.54. The standard InChI is InChI=1S/C16H30N4/c1-6-14(17)16(15-10-8-9-11-18-15)20(7-2)13(3)12-19(4)5/h8-11,13-14,16H,6-7,12,17H2,1-5H3. The number of hydrogen-bond donors (Lipinski definition) is 1. The van der Waals surface area contributed by atoms with Gasteiger partial charge in [0, 0.05) is 24.8 Å². The Morgan fingerprint density at radius 1 is 1.25 bits per heavy atom. The van der Waals surface area contributed by atoms with Crippen LogP contribution in [-0.2, 0) is 0 Å². The molecule has 0 aromatic carbocycles. The molecule has 0 aliphatic rings. The molecule has 0 bridgehead atoms. The maximum Gasteiger partial charge on any atom is 0.0676 e. The van der Waals surface area contributed by atoms with Crippen molar-refractivity contribution in [3.05, 3.63) is 30.1 Å². The van der Waals surface area contributed by atoms with Crippen molar-refractivity contribution in [3.8, 4) is 0 Å². The first-order chi connectivity index (χ1) is 9.51. The zero-order valence-corrected chi connectivity index (χ0v) is 13.6. The van der Waals surface area contributed by atoms with E-state index in [1.807, 2.05) is 18.3 Å². The molecule has 0 fully saturated rings. The average Bonchev–Trinajstić information content (AvgIpc) is 2.43. The second-order valence-electron chi connectivity index (χ2n) is 5.71. The first-order valence-electron chi connectivity index (χ1n) is 7.58. The highest BCUT2D eigenvalue weighted by molar-refractivity contribution is 5.12. The van der Waals surface area contributed by atoms with Gasteiger partial charge in [0.05, 0.1) is 11.7 Å². The summed E-state index contributed by atoms with van der Waals surface area (Å²) >= 11 is 0. The molecule has 1 aromatic heterocycles. The van der Waals surface area contributed by atoms with Crippen molar-refractivity contribution in [2.24, 2.45) is 5.73 Å². The molecule has 4 heteroatoms. The minimum atomic E-state index is 0.106. The fourth-order valence-corrected chi connectivity index (χ4v) is 2.83. The van der Waals surface area contributed by atoms with Crippen LogP contribution in [0.1, 0.15) is 38.9 Å². The van der Waals surface area contributed by atoms with Crippen molar-refractivity contribution in [3.63, 3.8) is 0 Å². The smallest absolute Gasteiger partial charge is 0.0676 e. The van der Waals surface area contributed by atoms with Crippen LogP contribution in [0.15, 0.2) is 24.4 Å². The van der Waals surface area contributed by atoms with E-state index >= 15 is 0 Å². The largest absolute Gasteiger partial charge is 0.326 e. The second kappa shape index (κ2) is 8.35. The lowest BCUT2D eigenvalue weighted by atomic mass is 9.98. The van der Waals surface area contributed by atoms with Gasteiger partial charge in [-0.25, -0.2) is 0 Å². The van der Waals surface area contributed by atoms with E-state index in [1.54, 1.807) is 0 Å². The van der Waals surface area contributed by atoms with Crippen molar-refractivity contribution in [2.75, 3.05) is 27.2 Å². The Balaban J connectivity index is 3.01. The molecule has 1 rings (SSSR count).